The van der Waals surface area contributed by atoms with Gasteiger partial charge in [0.2, 0.25) is 0 Å². The first kappa shape index (κ1) is 12.4. The van der Waals surface area contributed by atoms with E-state index in [2.05, 4.69) is 18.3 Å². The lowest BCUT2D eigenvalue weighted by atomic mass is 10.0. The number of para-hydroxylation sites is 1. The molecule has 0 bridgehead atoms. The Kier molecular flexibility index (Phi) is 3.24. The molecule has 3 N–H and O–H groups in total. The van der Waals surface area contributed by atoms with Crippen molar-refractivity contribution < 1.29 is 4.39 Å². The molecule has 0 radical (unpaired) electrons. The molecule has 0 heterocycles. The lowest BCUT2D eigenvalue weighted by Gasteiger charge is -2.14. The molecule has 2 rings (SSSR count). The Balaban J connectivity index is 2.43. The van der Waals surface area contributed by atoms with E-state index in [0.717, 1.165) is 16.8 Å². The smallest absolute Gasteiger partial charge is 0.148 e. The van der Waals surface area contributed by atoms with Gasteiger partial charge in [0.15, 0.2) is 0 Å². The Bertz CT molecular complexity index is 571. The van der Waals surface area contributed by atoms with Gasteiger partial charge in [-0.05, 0) is 55.7 Å². The lowest BCUT2D eigenvalue weighted by molar-refractivity contribution is 0.632. The molecule has 0 aromatic heterocycles. The number of hydrogen-bond donors (Lipinski definition) is 2. The highest BCUT2D eigenvalue weighted by Gasteiger charge is 2.08. The van der Waals surface area contributed by atoms with E-state index in [0.29, 0.717) is 11.4 Å². The predicted octanol–water partition coefficient (Wildman–Crippen LogP) is 4.08. The van der Waals surface area contributed by atoms with Crippen LogP contribution < -0.4 is 11.1 Å². The molecule has 18 heavy (non-hydrogen) atoms. The first-order chi connectivity index (χ1) is 8.49. The summed E-state index contributed by atoms with van der Waals surface area (Å²) in [5, 5.41) is 3.08. The zero-order valence-electron chi connectivity index (χ0n) is 10.8. The summed E-state index contributed by atoms with van der Waals surface area (Å²) in [5.41, 5.74) is 10.9. The number of nitrogens with one attached hydrogen (secondary N) is 1. The van der Waals surface area contributed by atoms with Crippen molar-refractivity contribution in [2.45, 2.75) is 20.8 Å². The van der Waals surface area contributed by atoms with Gasteiger partial charge in [-0.2, -0.15) is 0 Å². The van der Waals surface area contributed by atoms with Crippen LogP contribution in [-0.4, -0.2) is 0 Å². The molecular weight excluding hydrogens is 227 g/mol. The number of hydrogen-bond acceptors (Lipinski definition) is 2. The van der Waals surface area contributed by atoms with E-state index in [1.807, 2.05) is 19.9 Å². The molecule has 0 spiro atoms. The van der Waals surface area contributed by atoms with Gasteiger partial charge in [0, 0.05) is 5.69 Å². The summed E-state index contributed by atoms with van der Waals surface area (Å²) < 4.78 is 13.7. The van der Waals surface area contributed by atoms with E-state index in [9.17, 15) is 4.39 Å². The number of benzene rings is 2. The fraction of sp³-hybridized carbons (Fsp3) is 0.200. The summed E-state index contributed by atoms with van der Waals surface area (Å²) in [6.07, 6.45) is 0. The fourth-order valence-corrected chi connectivity index (χ4v) is 1.90. The van der Waals surface area contributed by atoms with Crippen molar-refractivity contribution in [2.75, 3.05) is 11.1 Å². The SMILES string of the molecule is Cc1cc(C)c(Nc2c(N)cccc2F)cc1C. The van der Waals surface area contributed by atoms with Gasteiger partial charge in [0.1, 0.15) is 5.82 Å². The molecule has 0 atom stereocenters. The van der Waals surface area contributed by atoms with Gasteiger partial charge in [0.25, 0.3) is 0 Å². The van der Waals surface area contributed by atoms with Crippen LogP contribution in [-0.2, 0) is 0 Å². The Hall–Kier alpha value is -2.03. The molecule has 0 saturated carbocycles. The van der Waals surface area contributed by atoms with Crippen molar-refractivity contribution in [1.29, 1.82) is 0 Å². The maximum Gasteiger partial charge on any atom is 0.148 e. The predicted molar refractivity (Wildman–Crippen MR) is 74.7 cm³/mol. The van der Waals surface area contributed by atoms with E-state index in [4.69, 9.17) is 5.73 Å². The number of nitrogens with two attached hydrogens (primary N) is 1. The third-order valence-corrected chi connectivity index (χ3v) is 3.15. The highest BCUT2D eigenvalue weighted by atomic mass is 19.1. The highest BCUT2D eigenvalue weighted by Crippen LogP contribution is 2.29. The number of anilines is 3. The van der Waals surface area contributed by atoms with Gasteiger partial charge in [0.05, 0.1) is 11.4 Å². The number of halogens is 1. The van der Waals surface area contributed by atoms with E-state index in [1.54, 1.807) is 12.1 Å². The van der Waals surface area contributed by atoms with E-state index in [-0.39, 0.29) is 5.82 Å². The van der Waals surface area contributed by atoms with Crippen LogP contribution in [0.2, 0.25) is 0 Å². The van der Waals surface area contributed by atoms with Crippen LogP contribution in [0.4, 0.5) is 21.5 Å². The zero-order chi connectivity index (χ0) is 13.3. The Labute approximate surface area is 107 Å². The van der Waals surface area contributed by atoms with Gasteiger partial charge >= 0.3 is 0 Å². The van der Waals surface area contributed by atoms with Gasteiger partial charge in [-0.25, -0.2) is 4.39 Å². The van der Waals surface area contributed by atoms with E-state index < -0.39 is 0 Å². The summed E-state index contributed by atoms with van der Waals surface area (Å²) in [4.78, 5) is 0. The Morgan fingerprint density at radius 1 is 1.00 bits per heavy atom. The van der Waals surface area contributed by atoms with Gasteiger partial charge in [-0.3, -0.25) is 0 Å². The molecule has 94 valence electrons. The standard InChI is InChI=1S/C15H17FN2/c1-9-7-11(3)14(8-10(9)2)18-15-12(16)5-4-6-13(15)17/h4-8,18H,17H2,1-3H3. The number of rotatable bonds is 2. The first-order valence-electron chi connectivity index (χ1n) is 5.88. The van der Waals surface area contributed by atoms with Crippen molar-refractivity contribution >= 4 is 17.1 Å². The van der Waals surface area contributed by atoms with Gasteiger partial charge in [-0.15, -0.1) is 0 Å². The fourth-order valence-electron chi connectivity index (χ4n) is 1.90. The van der Waals surface area contributed by atoms with Crippen LogP contribution in [0.1, 0.15) is 16.7 Å². The lowest BCUT2D eigenvalue weighted by Crippen LogP contribution is -2.01. The van der Waals surface area contributed by atoms with Crippen molar-refractivity contribution in [3.05, 3.63) is 52.8 Å². The molecule has 2 nitrogen and oxygen atoms in total. The van der Waals surface area contributed by atoms with Crippen LogP contribution >= 0.6 is 0 Å². The molecular formula is C15H17FN2. The summed E-state index contributed by atoms with van der Waals surface area (Å²) >= 11 is 0. The quantitative estimate of drug-likeness (QED) is 0.781. The maximum atomic E-state index is 13.7. The highest BCUT2D eigenvalue weighted by molar-refractivity contribution is 5.74. The van der Waals surface area contributed by atoms with Crippen LogP contribution in [0.5, 0.6) is 0 Å². The maximum absolute atomic E-state index is 13.7. The van der Waals surface area contributed by atoms with Crippen molar-refractivity contribution in [2.24, 2.45) is 0 Å². The topological polar surface area (TPSA) is 38.0 Å². The second-order valence-electron chi connectivity index (χ2n) is 4.58. The minimum Gasteiger partial charge on any atom is -0.397 e. The summed E-state index contributed by atoms with van der Waals surface area (Å²) in [6.45, 7) is 6.08. The molecule has 0 amide bonds. The van der Waals surface area contributed by atoms with Crippen molar-refractivity contribution in [3.8, 4) is 0 Å². The molecule has 0 saturated heterocycles. The summed E-state index contributed by atoms with van der Waals surface area (Å²) in [5.74, 6) is -0.340. The van der Waals surface area contributed by atoms with E-state index >= 15 is 0 Å². The van der Waals surface area contributed by atoms with Crippen LogP contribution in [0.3, 0.4) is 0 Å². The average molecular weight is 244 g/mol. The van der Waals surface area contributed by atoms with Crippen molar-refractivity contribution in [1.82, 2.24) is 0 Å². The molecule has 0 fully saturated rings. The first-order valence-corrected chi connectivity index (χ1v) is 5.88. The van der Waals surface area contributed by atoms with Crippen LogP contribution in [0.25, 0.3) is 0 Å². The average Bonchev–Trinajstić information content (AvgIpc) is 2.30. The molecule has 0 aliphatic carbocycles. The summed E-state index contributed by atoms with van der Waals surface area (Å²) in [7, 11) is 0. The third-order valence-electron chi connectivity index (χ3n) is 3.15. The monoisotopic (exact) mass is 244 g/mol. The van der Waals surface area contributed by atoms with Gasteiger partial charge < -0.3 is 11.1 Å². The largest absolute Gasteiger partial charge is 0.397 e. The molecule has 3 heteroatoms. The minimum absolute atomic E-state index is 0.337. The normalized spacial score (nSPS) is 10.4. The second kappa shape index (κ2) is 4.69. The van der Waals surface area contributed by atoms with Crippen LogP contribution in [0.15, 0.2) is 30.3 Å². The Morgan fingerprint density at radius 2 is 1.67 bits per heavy atom. The number of aryl methyl sites for hydroxylation is 3. The third kappa shape index (κ3) is 2.30. The second-order valence-corrected chi connectivity index (χ2v) is 4.58. The number of nitrogen functional groups attached to an aromatic ring is 1. The molecule has 2 aromatic carbocycles. The Morgan fingerprint density at radius 3 is 2.33 bits per heavy atom. The van der Waals surface area contributed by atoms with Crippen molar-refractivity contribution in [3.63, 3.8) is 0 Å². The zero-order valence-corrected chi connectivity index (χ0v) is 10.8. The summed E-state index contributed by atoms with van der Waals surface area (Å²) in [6, 6.07) is 8.77. The molecule has 2 aromatic rings. The molecule has 0 aliphatic heterocycles. The van der Waals surface area contributed by atoms with Crippen LogP contribution in [0, 0.1) is 26.6 Å². The van der Waals surface area contributed by atoms with E-state index in [1.165, 1.54) is 11.6 Å². The minimum atomic E-state index is -0.340. The molecule has 0 aliphatic rings. The van der Waals surface area contributed by atoms with Gasteiger partial charge in [-0.1, -0.05) is 12.1 Å². The molecule has 0 unspecified atom stereocenters.